The number of amides is 3. The van der Waals surface area contributed by atoms with Gasteiger partial charge in [-0.15, -0.1) is 0 Å². The first-order valence-electron chi connectivity index (χ1n) is 14.4. The van der Waals surface area contributed by atoms with Gasteiger partial charge in [-0.05, 0) is 67.0 Å². The van der Waals surface area contributed by atoms with E-state index in [4.69, 9.17) is 4.74 Å². The number of nitrogens with zero attached hydrogens (tertiary/aromatic N) is 2. The second-order valence-electron chi connectivity index (χ2n) is 12.3. The highest BCUT2D eigenvalue weighted by Gasteiger charge is 2.72. The Balaban J connectivity index is 1.33. The second-order valence-corrected chi connectivity index (χ2v) is 12.3. The molecule has 2 saturated heterocycles. The molecule has 1 spiro atoms. The van der Waals surface area contributed by atoms with Gasteiger partial charge < -0.3 is 20.3 Å². The second kappa shape index (κ2) is 10.1. The Labute approximate surface area is 235 Å². The average molecular weight is 543 g/mol. The summed E-state index contributed by atoms with van der Waals surface area (Å²) in [6, 6.07) is 8.74. The molecule has 8 atom stereocenters. The van der Waals surface area contributed by atoms with Gasteiger partial charge >= 0.3 is 0 Å². The lowest BCUT2D eigenvalue weighted by atomic mass is 9.73. The number of benzene rings is 1. The van der Waals surface area contributed by atoms with Gasteiger partial charge in [0.1, 0.15) is 11.6 Å². The van der Waals surface area contributed by atoms with E-state index < -0.39 is 29.6 Å². The quantitative estimate of drug-likeness (QED) is 0.539. The number of nitrogens with one attached hydrogen (secondary N) is 2. The number of carbonyl (C=O) groups excluding carboxylic acids is 3. The molecule has 8 nitrogen and oxygen atoms in total. The number of rotatable bonds is 6. The number of likely N-dealkylation sites (tertiary alicyclic amines) is 1. The number of hydrogen-bond donors (Lipinski definition) is 2. The van der Waals surface area contributed by atoms with Gasteiger partial charge in [-0.25, -0.2) is 0 Å². The Morgan fingerprint density at radius 1 is 1.12 bits per heavy atom. The Morgan fingerprint density at radius 2 is 1.90 bits per heavy atom. The van der Waals surface area contributed by atoms with Crippen LogP contribution in [0.1, 0.15) is 49.8 Å². The highest BCUT2D eigenvalue weighted by atomic mass is 16.5. The van der Waals surface area contributed by atoms with Gasteiger partial charge in [-0.2, -0.15) is 0 Å². The first-order valence-corrected chi connectivity index (χ1v) is 14.4. The summed E-state index contributed by atoms with van der Waals surface area (Å²) in [5, 5.41) is 6.33. The van der Waals surface area contributed by atoms with Crippen LogP contribution >= 0.6 is 0 Å². The highest BCUT2D eigenvalue weighted by Crippen LogP contribution is 2.55. The lowest BCUT2D eigenvalue weighted by Crippen LogP contribution is -2.57. The topological polar surface area (TPSA) is 101 Å². The fourth-order valence-corrected chi connectivity index (χ4v) is 7.45. The molecule has 1 aromatic carbocycles. The Bertz CT molecular complexity index is 1340. The SMILES string of the molecule is Cc1cc(C)cc(NC(=O)C2C3C=CC4(O3)C2C(=O)N(Cc2cccnc2)C4C(=O)NC2CCCC(C)C2C)c1. The molecule has 4 aliphatic rings. The van der Waals surface area contributed by atoms with E-state index >= 15 is 0 Å². The number of anilines is 1. The maximum Gasteiger partial charge on any atom is 0.246 e. The van der Waals surface area contributed by atoms with Crippen LogP contribution in [0.25, 0.3) is 0 Å². The van der Waals surface area contributed by atoms with Crippen LogP contribution in [0.5, 0.6) is 0 Å². The summed E-state index contributed by atoms with van der Waals surface area (Å²) in [6.07, 6.45) is 9.67. The van der Waals surface area contributed by atoms with E-state index in [0.29, 0.717) is 17.5 Å². The maximum atomic E-state index is 14.2. The molecule has 3 amide bonds. The third-order valence-corrected chi connectivity index (χ3v) is 9.52. The zero-order valence-corrected chi connectivity index (χ0v) is 23.6. The minimum atomic E-state index is -1.19. The predicted octanol–water partition coefficient (Wildman–Crippen LogP) is 3.93. The summed E-state index contributed by atoms with van der Waals surface area (Å²) < 4.78 is 6.50. The molecule has 4 heterocycles. The molecule has 3 aliphatic heterocycles. The average Bonchev–Trinajstić information content (AvgIpc) is 3.54. The summed E-state index contributed by atoms with van der Waals surface area (Å²) in [4.78, 5) is 47.9. The van der Waals surface area contributed by atoms with Crippen molar-refractivity contribution < 1.29 is 19.1 Å². The fraction of sp³-hybridized carbons (Fsp3) is 0.500. The van der Waals surface area contributed by atoms with Gasteiger partial charge in [0.15, 0.2) is 0 Å². The molecule has 3 fully saturated rings. The van der Waals surface area contributed by atoms with Crippen molar-refractivity contribution in [3.05, 3.63) is 71.6 Å². The minimum Gasteiger partial charge on any atom is -0.359 e. The monoisotopic (exact) mass is 542 g/mol. The molecule has 40 heavy (non-hydrogen) atoms. The summed E-state index contributed by atoms with van der Waals surface area (Å²) in [7, 11) is 0. The van der Waals surface area contributed by atoms with Crippen LogP contribution in [0, 0.1) is 37.5 Å². The smallest absolute Gasteiger partial charge is 0.246 e. The first kappa shape index (κ1) is 26.7. The summed E-state index contributed by atoms with van der Waals surface area (Å²) in [5.41, 5.74) is 2.40. The van der Waals surface area contributed by atoms with Crippen molar-refractivity contribution in [1.82, 2.24) is 15.2 Å². The van der Waals surface area contributed by atoms with Crippen molar-refractivity contribution in [2.75, 3.05) is 5.32 Å². The lowest BCUT2D eigenvalue weighted by molar-refractivity contribution is -0.142. The highest BCUT2D eigenvalue weighted by molar-refractivity contribution is 6.02. The number of aryl methyl sites for hydroxylation is 2. The molecule has 0 radical (unpaired) electrons. The molecule has 2 bridgehead atoms. The molecular formula is C32H38N4O4. The standard InChI is InChI=1S/C32H38N4O4/c1-18-13-19(2)15-23(14-18)34-29(37)26-25-10-11-32(40-25)27(26)31(39)36(17-22-8-6-12-33-16-22)28(32)30(38)35-24-9-5-7-20(3)21(24)4/h6,8,10-16,20-21,24-28H,5,7,9,17H2,1-4H3,(H,34,37)(H,35,38). The van der Waals surface area contributed by atoms with E-state index in [9.17, 15) is 14.4 Å². The van der Waals surface area contributed by atoms with Crippen molar-refractivity contribution in [2.24, 2.45) is 23.7 Å². The van der Waals surface area contributed by atoms with Crippen LogP contribution in [0.2, 0.25) is 0 Å². The van der Waals surface area contributed by atoms with Gasteiger partial charge in [0.05, 0.1) is 17.9 Å². The summed E-state index contributed by atoms with van der Waals surface area (Å²) in [5.74, 6) is -1.39. The number of hydrogen-bond acceptors (Lipinski definition) is 5. The number of aromatic nitrogens is 1. The Hall–Kier alpha value is -3.52. The third kappa shape index (κ3) is 4.42. The van der Waals surface area contributed by atoms with E-state index in [2.05, 4.69) is 29.5 Å². The van der Waals surface area contributed by atoms with Gasteiger partial charge in [-0.1, -0.05) is 51.0 Å². The molecule has 210 valence electrons. The number of ether oxygens (including phenoxy) is 1. The van der Waals surface area contributed by atoms with E-state index in [1.165, 1.54) is 0 Å². The zero-order valence-electron chi connectivity index (χ0n) is 23.6. The van der Waals surface area contributed by atoms with Crippen LogP contribution in [-0.4, -0.2) is 51.4 Å². The van der Waals surface area contributed by atoms with Crippen molar-refractivity contribution in [3.8, 4) is 0 Å². The fourth-order valence-electron chi connectivity index (χ4n) is 7.45. The van der Waals surface area contributed by atoms with Crippen LogP contribution < -0.4 is 10.6 Å². The molecule has 2 aromatic rings. The Morgan fingerprint density at radius 3 is 2.62 bits per heavy atom. The van der Waals surface area contributed by atoms with Gasteiger partial charge in [0, 0.05) is 30.7 Å². The van der Waals surface area contributed by atoms with Crippen molar-refractivity contribution in [3.63, 3.8) is 0 Å². The van der Waals surface area contributed by atoms with Gasteiger partial charge in [0.25, 0.3) is 0 Å². The van der Waals surface area contributed by atoms with E-state index in [0.717, 1.165) is 36.0 Å². The van der Waals surface area contributed by atoms with Crippen LogP contribution in [0.15, 0.2) is 54.9 Å². The van der Waals surface area contributed by atoms with E-state index in [1.54, 1.807) is 17.3 Å². The molecule has 2 N–H and O–H groups in total. The normalized spacial score (nSPS) is 34.1. The van der Waals surface area contributed by atoms with Gasteiger partial charge in [0.2, 0.25) is 17.7 Å². The van der Waals surface area contributed by atoms with E-state index in [1.807, 2.05) is 56.3 Å². The Kier molecular flexibility index (Phi) is 6.77. The maximum absolute atomic E-state index is 14.2. The lowest BCUT2D eigenvalue weighted by Gasteiger charge is -2.38. The molecule has 8 heteroatoms. The molecule has 1 aliphatic carbocycles. The molecule has 1 saturated carbocycles. The van der Waals surface area contributed by atoms with Crippen LogP contribution in [0.3, 0.4) is 0 Å². The number of fused-ring (bicyclic) bond motifs is 1. The third-order valence-electron chi connectivity index (χ3n) is 9.52. The van der Waals surface area contributed by atoms with Crippen molar-refractivity contribution in [2.45, 2.75) is 77.3 Å². The zero-order chi connectivity index (χ0) is 28.2. The summed E-state index contributed by atoms with van der Waals surface area (Å²) in [6.45, 7) is 8.60. The summed E-state index contributed by atoms with van der Waals surface area (Å²) >= 11 is 0. The van der Waals surface area contributed by atoms with Crippen LogP contribution in [-0.2, 0) is 25.7 Å². The minimum absolute atomic E-state index is 0.0354. The molecule has 6 rings (SSSR count). The van der Waals surface area contributed by atoms with Gasteiger partial charge in [-0.3, -0.25) is 19.4 Å². The number of carbonyl (C=O) groups is 3. The first-order chi connectivity index (χ1) is 19.2. The number of pyridine rings is 1. The van der Waals surface area contributed by atoms with Crippen molar-refractivity contribution >= 4 is 23.4 Å². The largest absolute Gasteiger partial charge is 0.359 e. The van der Waals surface area contributed by atoms with E-state index in [-0.39, 0.29) is 30.3 Å². The molecule has 8 unspecified atom stereocenters. The van der Waals surface area contributed by atoms with Crippen LogP contribution in [0.4, 0.5) is 5.69 Å². The molecule has 1 aromatic heterocycles. The van der Waals surface area contributed by atoms with Crippen molar-refractivity contribution in [1.29, 1.82) is 0 Å². The predicted molar refractivity (Wildman–Crippen MR) is 151 cm³/mol. The molecular weight excluding hydrogens is 504 g/mol.